The molecule has 1 aliphatic rings. The van der Waals surface area contributed by atoms with Crippen LogP contribution in [0.4, 0.5) is 4.79 Å². The minimum Gasteiger partial charge on any atom is -0.457 e. The first-order chi connectivity index (χ1) is 16.4. The molecule has 1 unspecified atom stereocenters. The Hall–Kier alpha value is -3.39. The van der Waals surface area contributed by atoms with Gasteiger partial charge in [-0.3, -0.25) is 9.69 Å². The van der Waals surface area contributed by atoms with Gasteiger partial charge in [0.1, 0.15) is 22.5 Å². The molecule has 178 valence electrons. The Balaban J connectivity index is 1.60. The van der Waals surface area contributed by atoms with Gasteiger partial charge in [0, 0.05) is 24.7 Å². The van der Waals surface area contributed by atoms with Gasteiger partial charge in [-0.05, 0) is 62.1 Å². The topological polar surface area (TPSA) is 80.8 Å². The smallest absolute Gasteiger partial charge is 0.411 e. The number of rotatable bonds is 7. The van der Waals surface area contributed by atoms with Gasteiger partial charge in [0.05, 0.1) is 0 Å². The Kier molecular flexibility index (Phi) is 7.17. The third-order valence-electron chi connectivity index (χ3n) is 5.64. The van der Waals surface area contributed by atoms with Crippen LogP contribution < -0.4 is 10.1 Å². The van der Waals surface area contributed by atoms with E-state index in [1.807, 2.05) is 60.8 Å². The third-order valence-corrected chi connectivity index (χ3v) is 6.72. The zero-order valence-electron chi connectivity index (χ0n) is 19.6. The molecule has 2 heterocycles. The molecule has 0 saturated heterocycles. The molecule has 0 radical (unpaired) electrons. The molecule has 8 heteroatoms. The van der Waals surface area contributed by atoms with E-state index >= 15 is 0 Å². The van der Waals surface area contributed by atoms with Crippen LogP contribution in [0.2, 0.25) is 0 Å². The second-order valence-corrected chi connectivity index (χ2v) is 9.52. The van der Waals surface area contributed by atoms with Gasteiger partial charge in [0.2, 0.25) is 5.91 Å². The average molecular weight is 480 g/mol. The third kappa shape index (κ3) is 5.22. The highest BCUT2D eigenvalue weighted by atomic mass is 32.1. The van der Waals surface area contributed by atoms with Gasteiger partial charge in [0.25, 0.3) is 0 Å². The minimum atomic E-state index is -0.899. The highest BCUT2D eigenvalue weighted by Crippen LogP contribution is 2.36. The van der Waals surface area contributed by atoms with E-state index in [-0.39, 0.29) is 5.91 Å². The van der Waals surface area contributed by atoms with Crippen molar-refractivity contribution in [2.45, 2.75) is 45.3 Å². The fourth-order valence-corrected chi connectivity index (χ4v) is 4.65. The predicted octanol–water partition coefficient (Wildman–Crippen LogP) is 5.43. The Labute approximate surface area is 203 Å². The van der Waals surface area contributed by atoms with Crippen molar-refractivity contribution in [2.75, 3.05) is 13.1 Å². The number of nitrogens with one attached hydrogen (secondary N) is 1. The van der Waals surface area contributed by atoms with Crippen molar-refractivity contribution >= 4 is 23.3 Å². The quantitative estimate of drug-likeness (QED) is 0.489. The second kappa shape index (κ2) is 10.3. The number of aromatic nitrogens is 1. The number of carbonyl (C=O) groups is 2. The van der Waals surface area contributed by atoms with Gasteiger partial charge in [0.15, 0.2) is 5.60 Å². The lowest BCUT2D eigenvalue weighted by Gasteiger charge is -2.37. The summed E-state index contributed by atoms with van der Waals surface area (Å²) in [5.74, 6) is 1.22. The van der Waals surface area contributed by atoms with Crippen molar-refractivity contribution in [1.29, 1.82) is 0 Å². The maximum absolute atomic E-state index is 13.3. The summed E-state index contributed by atoms with van der Waals surface area (Å²) >= 11 is 1.43. The van der Waals surface area contributed by atoms with E-state index < -0.39 is 17.7 Å². The number of thiazole rings is 1. The van der Waals surface area contributed by atoms with Crippen LogP contribution in [0.25, 0.3) is 0 Å². The normalized spacial score (nSPS) is 15.4. The molecule has 2 amide bonds. The van der Waals surface area contributed by atoms with Gasteiger partial charge < -0.3 is 14.8 Å². The number of benzene rings is 2. The van der Waals surface area contributed by atoms with E-state index in [0.29, 0.717) is 30.3 Å². The molecule has 0 fully saturated rings. The highest BCUT2D eigenvalue weighted by Gasteiger charge is 2.39. The van der Waals surface area contributed by atoms with E-state index in [1.54, 1.807) is 20.0 Å². The maximum Gasteiger partial charge on any atom is 0.411 e. The minimum absolute atomic E-state index is 0.219. The number of hydrogen-bond donors (Lipinski definition) is 1. The fourth-order valence-electron chi connectivity index (χ4n) is 3.96. The average Bonchev–Trinajstić information content (AvgIpc) is 3.38. The summed E-state index contributed by atoms with van der Waals surface area (Å²) in [4.78, 5) is 32.3. The number of para-hydroxylation sites is 1. The van der Waals surface area contributed by atoms with Gasteiger partial charge in [-0.25, -0.2) is 9.78 Å². The van der Waals surface area contributed by atoms with Crippen molar-refractivity contribution in [3.63, 3.8) is 0 Å². The molecule has 0 saturated carbocycles. The molecule has 2 aromatic carbocycles. The lowest BCUT2D eigenvalue weighted by molar-refractivity contribution is -0.127. The Morgan fingerprint density at radius 1 is 1.18 bits per heavy atom. The highest BCUT2D eigenvalue weighted by molar-refractivity contribution is 7.09. The van der Waals surface area contributed by atoms with E-state index in [0.717, 1.165) is 23.3 Å². The number of amides is 2. The summed E-state index contributed by atoms with van der Waals surface area (Å²) in [7, 11) is 0. The van der Waals surface area contributed by atoms with Crippen LogP contribution in [0, 0.1) is 0 Å². The van der Waals surface area contributed by atoms with Gasteiger partial charge in [-0.15, -0.1) is 11.3 Å². The summed E-state index contributed by atoms with van der Waals surface area (Å²) in [5.41, 5.74) is 0.862. The molecule has 1 aliphatic heterocycles. The Morgan fingerprint density at radius 2 is 1.97 bits per heavy atom. The fraction of sp³-hybridized carbons (Fsp3) is 0.346. The van der Waals surface area contributed by atoms with Crippen LogP contribution in [0.5, 0.6) is 11.5 Å². The predicted molar refractivity (Wildman–Crippen MR) is 131 cm³/mol. The first-order valence-electron chi connectivity index (χ1n) is 11.4. The largest absolute Gasteiger partial charge is 0.457 e. The lowest BCUT2D eigenvalue weighted by atomic mass is 9.92. The van der Waals surface area contributed by atoms with Gasteiger partial charge in [-0.1, -0.05) is 31.2 Å². The molecular weight excluding hydrogens is 450 g/mol. The molecule has 0 spiro atoms. The number of fused-ring (bicyclic) bond motifs is 1. The van der Waals surface area contributed by atoms with Crippen molar-refractivity contribution in [3.8, 4) is 11.5 Å². The maximum atomic E-state index is 13.3. The van der Waals surface area contributed by atoms with E-state index in [2.05, 4.69) is 10.3 Å². The molecule has 0 bridgehead atoms. The monoisotopic (exact) mass is 479 g/mol. The van der Waals surface area contributed by atoms with E-state index in [1.165, 1.54) is 16.2 Å². The molecule has 7 nitrogen and oxygen atoms in total. The number of ether oxygens (including phenoxy) is 2. The van der Waals surface area contributed by atoms with Crippen LogP contribution in [0.1, 0.15) is 49.4 Å². The van der Waals surface area contributed by atoms with Crippen LogP contribution in [-0.2, 0) is 21.6 Å². The number of nitrogens with zero attached hydrogens (tertiary/aromatic N) is 2. The molecule has 1 N–H and O–H groups in total. The Bertz CT molecular complexity index is 1130. The van der Waals surface area contributed by atoms with Gasteiger partial charge >= 0.3 is 6.09 Å². The molecule has 3 aromatic rings. The van der Waals surface area contributed by atoms with Crippen LogP contribution in [-0.4, -0.2) is 35.0 Å². The molecular formula is C26H29N3O4S. The van der Waals surface area contributed by atoms with Gasteiger partial charge in [-0.2, -0.15) is 0 Å². The molecule has 34 heavy (non-hydrogen) atoms. The molecule has 1 atom stereocenters. The lowest BCUT2D eigenvalue weighted by Crippen LogP contribution is -2.48. The summed E-state index contributed by atoms with van der Waals surface area (Å²) in [6, 6.07) is 14.4. The molecule has 1 aromatic heterocycles. The van der Waals surface area contributed by atoms with Crippen molar-refractivity contribution in [1.82, 2.24) is 15.2 Å². The number of carbonyl (C=O) groups excluding carboxylic acids is 2. The number of hydrogen-bond acceptors (Lipinski definition) is 6. The van der Waals surface area contributed by atoms with Crippen LogP contribution >= 0.6 is 11.3 Å². The van der Waals surface area contributed by atoms with Crippen LogP contribution in [0.15, 0.2) is 60.1 Å². The standard InChI is InChI=1S/C26H29N3O4S/c1-4-13-27-23(30)22-21-11-10-20(32-19-8-6-5-7-9-19)17-18(21)12-15-29(22)25(31)33-26(2,3)24-28-14-16-34-24/h5-11,14,16-17,22H,4,12-13,15H2,1-3H3,(H,27,30). The molecule has 0 aliphatic carbocycles. The second-order valence-electron chi connectivity index (χ2n) is 8.63. The summed E-state index contributed by atoms with van der Waals surface area (Å²) in [6.45, 7) is 6.50. The first kappa shape index (κ1) is 23.8. The van der Waals surface area contributed by atoms with E-state index in [9.17, 15) is 9.59 Å². The zero-order chi connectivity index (χ0) is 24.1. The summed E-state index contributed by atoms with van der Waals surface area (Å²) < 4.78 is 11.8. The first-order valence-corrected chi connectivity index (χ1v) is 12.3. The van der Waals surface area contributed by atoms with Crippen molar-refractivity contribution < 1.29 is 19.1 Å². The summed E-state index contributed by atoms with van der Waals surface area (Å²) in [5, 5.41) is 5.49. The molecule has 4 rings (SSSR count). The Morgan fingerprint density at radius 3 is 2.68 bits per heavy atom. The van der Waals surface area contributed by atoms with Crippen molar-refractivity contribution in [2.24, 2.45) is 0 Å². The zero-order valence-corrected chi connectivity index (χ0v) is 20.4. The van der Waals surface area contributed by atoms with Crippen LogP contribution in [0.3, 0.4) is 0 Å². The SMILES string of the molecule is CCCNC(=O)C1c2ccc(Oc3ccccc3)cc2CCN1C(=O)OC(C)(C)c1nccs1. The summed E-state index contributed by atoms with van der Waals surface area (Å²) in [6.07, 6.45) is 2.54. The van der Waals surface area contributed by atoms with E-state index in [4.69, 9.17) is 9.47 Å². The van der Waals surface area contributed by atoms with Crippen molar-refractivity contribution in [3.05, 3.63) is 76.2 Å².